The Labute approximate surface area is 105 Å². The molecule has 0 fully saturated rings. The summed E-state index contributed by atoms with van der Waals surface area (Å²) in [5.74, 6) is 0.534. The van der Waals surface area contributed by atoms with Crippen LogP contribution in [-0.4, -0.2) is 12.1 Å². The molecule has 0 radical (unpaired) electrons. The summed E-state index contributed by atoms with van der Waals surface area (Å²) >= 11 is 0. The van der Waals surface area contributed by atoms with E-state index in [9.17, 15) is 0 Å². The van der Waals surface area contributed by atoms with E-state index in [-0.39, 0.29) is 17.9 Å². The minimum Gasteiger partial charge on any atom is -0.329 e. The minimum atomic E-state index is 0. The first-order chi connectivity index (χ1) is 7.08. The van der Waals surface area contributed by atoms with Gasteiger partial charge >= 0.3 is 0 Å². The second kappa shape index (κ2) is 6.89. The zero-order valence-corrected chi connectivity index (χ0v) is 11.2. The van der Waals surface area contributed by atoms with Gasteiger partial charge < -0.3 is 11.1 Å². The van der Waals surface area contributed by atoms with Crippen LogP contribution in [0.15, 0.2) is 30.3 Å². The van der Waals surface area contributed by atoms with Crippen LogP contribution in [0.25, 0.3) is 0 Å². The summed E-state index contributed by atoms with van der Waals surface area (Å²) in [5, 5.41) is 3.54. The second-order valence-electron chi connectivity index (χ2n) is 4.62. The van der Waals surface area contributed by atoms with Crippen molar-refractivity contribution in [1.82, 2.24) is 5.32 Å². The van der Waals surface area contributed by atoms with Gasteiger partial charge in [-0.25, -0.2) is 0 Å². The van der Waals surface area contributed by atoms with E-state index >= 15 is 0 Å². The molecule has 1 unspecified atom stereocenters. The van der Waals surface area contributed by atoms with E-state index in [0.717, 1.165) is 6.54 Å². The zero-order chi connectivity index (χ0) is 11.3. The molecule has 0 spiro atoms. The molecule has 0 bridgehead atoms. The van der Waals surface area contributed by atoms with Crippen LogP contribution in [0.4, 0.5) is 0 Å². The van der Waals surface area contributed by atoms with Crippen molar-refractivity contribution in [2.75, 3.05) is 6.54 Å². The molecule has 0 aromatic heterocycles. The molecule has 1 aromatic carbocycles. The smallest absolute Gasteiger partial charge is 0.0301 e. The van der Waals surface area contributed by atoms with Crippen LogP contribution in [0.2, 0.25) is 0 Å². The lowest BCUT2D eigenvalue weighted by atomic mass is 9.88. The van der Waals surface area contributed by atoms with Gasteiger partial charge in [-0.3, -0.25) is 0 Å². The lowest BCUT2D eigenvalue weighted by Gasteiger charge is -2.33. The summed E-state index contributed by atoms with van der Waals surface area (Å²) in [6.07, 6.45) is 0. The average molecular weight is 243 g/mol. The van der Waals surface area contributed by atoms with Crippen LogP contribution in [0.1, 0.15) is 26.3 Å². The lowest BCUT2D eigenvalue weighted by molar-refractivity contribution is 0.267. The van der Waals surface area contributed by atoms with E-state index in [2.05, 4.69) is 50.4 Å². The van der Waals surface area contributed by atoms with Gasteiger partial charge in [0, 0.05) is 18.6 Å². The Morgan fingerprint density at radius 2 is 1.81 bits per heavy atom. The van der Waals surface area contributed by atoms with Crippen molar-refractivity contribution in [1.29, 1.82) is 0 Å². The topological polar surface area (TPSA) is 38.0 Å². The van der Waals surface area contributed by atoms with E-state index < -0.39 is 0 Å². The molecule has 1 atom stereocenters. The predicted molar refractivity (Wildman–Crippen MR) is 72.8 cm³/mol. The molecule has 0 heterocycles. The molecule has 1 aromatic rings. The Morgan fingerprint density at radius 3 is 2.25 bits per heavy atom. The molecule has 3 heteroatoms. The molecule has 3 N–H and O–H groups in total. The molecule has 0 saturated carbocycles. The first-order valence-electron chi connectivity index (χ1n) is 5.57. The molecular weight excluding hydrogens is 220 g/mol. The molecular formula is C13H23ClN2. The Bertz CT molecular complexity index is 287. The second-order valence-corrected chi connectivity index (χ2v) is 4.62. The molecule has 0 aliphatic carbocycles. The van der Waals surface area contributed by atoms with Crippen LogP contribution >= 0.6 is 12.4 Å². The maximum absolute atomic E-state index is 5.81. The fourth-order valence-electron chi connectivity index (χ4n) is 1.41. The monoisotopic (exact) mass is 242 g/mol. The molecule has 0 aliphatic rings. The number of hydrogen-bond donors (Lipinski definition) is 2. The average Bonchev–Trinajstić information content (AvgIpc) is 2.27. The Kier molecular flexibility index (Phi) is 6.65. The Balaban J connectivity index is 0.00000225. The summed E-state index contributed by atoms with van der Waals surface area (Å²) < 4.78 is 0. The molecule has 1 rings (SSSR count). The van der Waals surface area contributed by atoms with Gasteiger partial charge in [0.2, 0.25) is 0 Å². The molecule has 0 aliphatic heterocycles. The molecule has 0 saturated heterocycles. The van der Waals surface area contributed by atoms with E-state index in [4.69, 9.17) is 5.73 Å². The van der Waals surface area contributed by atoms with Gasteiger partial charge in [0.25, 0.3) is 0 Å². The SMILES string of the molecule is CC(C)C(C)(CN)NCc1ccccc1.Cl. The number of halogens is 1. The third kappa shape index (κ3) is 4.12. The van der Waals surface area contributed by atoms with Crippen molar-refractivity contribution in [2.24, 2.45) is 11.7 Å². The summed E-state index contributed by atoms with van der Waals surface area (Å²) in [7, 11) is 0. The van der Waals surface area contributed by atoms with E-state index in [1.54, 1.807) is 0 Å². The number of nitrogens with two attached hydrogens (primary N) is 1. The largest absolute Gasteiger partial charge is 0.329 e. The summed E-state index contributed by atoms with van der Waals surface area (Å²) in [4.78, 5) is 0. The van der Waals surface area contributed by atoms with Crippen molar-refractivity contribution in [3.63, 3.8) is 0 Å². The number of rotatable bonds is 5. The molecule has 16 heavy (non-hydrogen) atoms. The van der Waals surface area contributed by atoms with Gasteiger partial charge in [-0.15, -0.1) is 12.4 Å². The van der Waals surface area contributed by atoms with Gasteiger partial charge in [-0.1, -0.05) is 44.2 Å². The Hall–Kier alpha value is -0.570. The van der Waals surface area contributed by atoms with Crippen LogP contribution < -0.4 is 11.1 Å². The van der Waals surface area contributed by atoms with E-state index in [0.29, 0.717) is 12.5 Å². The van der Waals surface area contributed by atoms with Crippen LogP contribution in [0.3, 0.4) is 0 Å². The third-order valence-corrected chi connectivity index (χ3v) is 3.24. The minimum absolute atomic E-state index is 0. The first kappa shape index (κ1) is 15.4. The molecule has 2 nitrogen and oxygen atoms in total. The van der Waals surface area contributed by atoms with Gasteiger partial charge in [0.05, 0.1) is 0 Å². The highest BCUT2D eigenvalue weighted by molar-refractivity contribution is 5.85. The highest BCUT2D eigenvalue weighted by Crippen LogP contribution is 2.15. The standard InChI is InChI=1S/C13H22N2.ClH/c1-11(2)13(3,10-14)15-9-12-7-5-4-6-8-12;/h4-8,11,15H,9-10,14H2,1-3H3;1H. The number of benzene rings is 1. The highest BCUT2D eigenvalue weighted by atomic mass is 35.5. The number of hydrogen-bond acceptors (Lipinski definition) is 2. The third-order valence-electron chi connectivity index (χ3n) is 3.24. The quantitative estimate of drug-likeness (QED) is 0.833. The van der Waals surface area contributed by atoms with Crippen LogP contribution in [-0.2, 0) is 6.54 Å². The van der Waals surface area contributed by atoms with Crippen molar-refractivity contribution in [3.8, 4) is 0 Å². The fraction of sp³-hybridized carbons (Fsp3) is 0.538. The van der Waals surface area contributed by atoms with E-state index in [1.165, 1.54) is 5.56 Å². The molecule has 92 valence electrons. The van der Waals surface area contributed by atoms with Crippen LogP contribution in [0, 0.1) is 5.92 Å². The van der Waals surface area contributed by atoms with Crippen molar-refractivity contribution < 1.29 is 0 Å². The van der Waals surface area contributed by atoms with Gasteiger partial charge in [-0.2, -0.15) is 0 Å². The summed E-state index contributed by atoms with van der Waals surface area (Å²) in [5.41, 5.74) is 7.14. The predicted octanol–water partition coefficient (Wildman–Crippen LogP) is 2.57. The first-order valence-corrected chi connectivity index (χ1v) is 5.57. The number of nitrogens with one attached hydrogen (secondary N) is 1. The summed E-state index contributed by atoms with van der Waals surface area (Å²) in [6, 6.07) is 10.4. The normalized spacial score (nSPS) is 14.3. The highest BCUT2D eigenvalue weighted by Gasteiger charge is 2.25. The van der Waals surface area contributed by atoms with Crippen LogP contribution in [0.5, 0.6) is 0 Å². The van der Waals surface area contributed by atoms with Crippen molar-refractivity contribution in [3.05, 3.63) is 35.9 Å². The van der Waals surface area contributed by atoms with Crippen molar-refractivity contribution >= 4 is 12.4 Å². The summed E-state index contributed by atoms with van der Waals surface area (Å²) in [6.45, 7) is 8.13. The van der Waals surface area contributed by atoms with Gasteiger partial charge in [-0.05, 0) is 18.4 Å². The maximum Gasteiger partial charge on any atom is 0.0301 e. The maximum atomic E-state index is 5.81. The fourth-order valence-corrected chi connectivity index (χ4v) is 1.41. The lowest BCUT2D eigenvalue weighted by Crippen LogP contribution is -2.52. The van der Waals surface area contributed by atoms with Crippen molar-refractivity contribution in [2.45, 2.75) is 32.9 Å². The molecule has 0 amide bonds. The Morgan fingerprint density at radius 1 is 1.25 bits per heavy atom. The van der Waals surface area contributed by atoms with Gasteiger partial charge in [0.1, 0.15) is 0 Å². The van der Waals surface area contributed by atoms with E-state index in [1.807, 2.05) is 6.07 Å². The van der Waals surface area contributed by atoms with Gasteiger partial charge in [0.15, 0.2) is 0 Å². The zero-order valence-electron chi connectivity index (χ0n) is 10.4.